The number of aromatic nitrogens is 2. The second-order valence-electron chi connectivity index (χ2n) is 3.31. The fourth-order valence-electron chi connectivity index (χ4n) is 1.51. The topological polar surface area (TPSA) is 81.1 Å². The zero-order valence-corrected chi connectivity index (χ0v) is 8.05. The lowest BCUT2D eigenvalue weighted by atomic mass is 10.1. The third-order valence-corrected chi connectivity index (χ3v) is 2.27. The molecule has 2 rings (SSSR count). The van der Waals surface area contributed by atoms with Crippen LogP contribution in [-0.2, 0) is 4.74 Å². The van der Waals surface area contributed by atoms with Crippen LogP contribution in [0, 0.1) is 10.1 Å². The maximum Gasteiger partial charge on any atom is 0.342 e. The minimum atomic E-state index is -0.495. The van der Waals surface area contributed by atoms with Gasteiger partial charge in [0.05, 0.1) is 12.7 Å². The molecule has 0 bridgehead atoms. The predicted molar refractivity (Wildman–Crippen MR) is 52.3 cm³/mol. The zero-order valence-electron chi connectivity index (χ0n) is 8.05. The Morgan fingerprint density at radius 3 is 3.20 bits per heavy atom. The first-order valence-corrected chi connectivity index (χ1v) is 4.73. The van der Waals surface area contributed by atoms with Gasteiger partial charge in [-0.15, -0.1) is 5.10 Å². The molecule has 1 aliphatic heterocycles. The van der Waals surface area contributed by atoms with Crippen LogP contribution in [0.2, 0.25) is 0 Å². The Labute approximate surface area is 86.1 Å². The summed E-state index contributed by atoms with van der Waals surface area (Å²) in [6, 6.07) is 1.43. The van der Waals surface area contributed by atoms with Gasteiger partial charge >= 0.3 is 5.82 Å². The standard InChI is InChI=1S/C9H11N3O3/c13-12(14)9-6-7(10-11-9)8-4-2-1-3-5-15-8/h1,3,6,8H,2,4-5H2,(H,10,11). The summed E-state index contributed by atoms with van der Waals surface area (Å²) in [6.07, 6.45) is 5.55. The molecular formula is C9H11N3O3. The van der Waals surface area contributed by atoms with Crippen molar-refractivity contribution in [2.75, 3.05) is 6.61 Å². The molecule has 1 atom stereocenters. The van der Waals surface area contributed by atoms with Crippen LogP contribution in [0.3, 0.4) is 0 Å². The normalized spacial score (nSPS) is 21.2. The van der Waals surface area contributed by atoms with Crippen molar-refractivity contribution in [3.05, 3.63) is 34.0 Å². The lowest BCUT2D eigenvalue weighted by Gasteiger charge is -2.09. The Hall–Kier alpha value is -1.69. The number of nitro groups is 1. The molecule has 2 heterocycles. The highest BCUT2D eigenvalue weighted by Crippen LogP contribution is 2.25. The molecule has 1 aromatic heterocycles. The van der Waals surface area contributed by atoms with Crippen molar-refractivity contribution in [2.45, 2.75) is 18.9 Å². The van der Waals surface area contributed by atoms with Crippen LogP contribution in [-0.4, -0.2) is 21.7 Å². The molecule has 15 heavy (non-hydrogen) atoms. The molecule has 1 N–H and O–H groups in total. The average molecular weight is 209 g/mol. The Balaban J connectivity index is 2.11. The minimum Gasteiger partial charge on any atom is -0.368 e. The molecule has 0 fully saturated rings. The maximum absolute atomic E-state index is 10.4. The lowest BCUT2D eigenvalue weighted by molar-refractivity contribution is -0.389. The molecule has 0 saturated heterocycles. The quantitative estimate of drug-likeness (QED) is 0.457. The second kappa shape index (κ2) is 4.22. The summed E-state index contributed by atoms with van der Waals surface area (Å²) in [5, 5.41) is 16.7. The molecule has 80 valence electrons. The molecule has 1 unspecified atom stereocenters. The van der Waals surface area contributed by atoms with Gasteiger partial charge < -0.3 is 14.9 Å². The molecular weight excluding hydrogens is 198 g/mol. The Kier molecular flexibility index (Phi) is 2.77. The van der Waals surface area contributed by atoms with Gasteiger partial charge in [-0.2, -0.15) is 0 Å². The van der Waals surface area contributed by atoms with Crippen molar-refractivity contribution in [3.8, 4) is 0 Å². The molecule has 0 aromatic carbocycles. The Morgan fingerprint density at radius 1 is 1.60 bits per heavy atom. The van der Waals surface area contributed by atoms with Gasteiger partial charge in [0, 0.05) is 0 Å². The van der Waals surface area contributed by atoms with Crippen molar-refractivity contribution in [2.24, 2.45) is 0 Å². The van der Waals surface area contributed by atoms with Crippen LogP contribution >= 0.6 is 0 Å². The SMILES string of the molecule is O=[N+]([O-])c1cc(C2CCC=CCO2)n[nH]1. The van der Waals surface area contributed by atoms with Crippen molar-refractivity contribution in [1.29, 1.82) is 0 Å². The van der Waals surface area contributed by atoms with Crippen molar-refractivity contribution >= 4 is 5.82 Å². The third-order valence-electron chi connectivity index (χ3n) is 2.27. The van der Waals surface area contributed by atoms with Crippen molar-refractivity contribution in [1.82, 2.24) is 10.2 Å². The maximum atomic E-state index is 10.4. The number of hydrogen-bond donors (Lipinski definition) is 1. The Morgan fingerprint density at radius 2 is 2.47 bits per heavy atom. The van der Waals surface area contributed by atoms with Crippen molar-refractivity contribution < 1.29 is 9.66 Å². The second-order valence-corrected chi connectivity index (χ2v) is 3.31. The molecule has 6 nitrogen and oxygen atoms in total. The summed E-state index contributed by atoms with van der Waals surface area (Å²) in [7, 11) is 0. The molecule has 0 spiro atoms. The van der Waals surface area contributed by atoms with Gasteiger partial charge in [0.1, 0.15) is 11.8 Å². The van der Waals surface area contributed by atoms with Gasteiger partial charge in [-0.3, -0.25) is 0 Å². The third kappa shape index (κ3) is 2.21. The number of H-pyrrole nitrogens is 1. The van der Waals surface area contributed by atoms with E-state index >= 15 is 0 Å². The summed E-state index contributed by atoms with van der Waals surface area (Å²) in [4.78, 5) is 9.95. The number of hydrogen-bond acceptors (Lipinski definition) is 4. The van der Waals surface area contributed by atoms with Gasteiger partial charge in [0.15, 0.2) is 0 Å². The van der Waals surface area contributed by atoms with E-state index in [1.54, 1.807) is 0 Å². The first-order valence-electron chi connectivity index (χ1n) is 4.73. The van der Waals surface area contributed by atoms with E-state index in [9.17, 15) is 10.1 Å². The summed E-state index contributed by atoms with van der Waals surface area (Å²) < 4.78 is 5.49. The summed E-state index contributed by atoms with van der Waals surface area (Å²) in [5.41, 5.74) is 0.602. The summed E-state index contributed by atoms with van der Waals surface area (Å²) in [6.45, 7) is 0.533. The minimum absolute atomic E-state index is 0.0918. The first-order chi connectivity index (χ1) is 7.27. The van der Waals surface area contributed by atoms with Gasteiger partial charge in [0.2, 0.25) is 0 Å². The molecule has 6 heteroatoms. The fraction of sp³-hybridized carbons (Fsp3) is 0.444. The van der Waals surface area contributed by atoms with E-state index in [1.807, 2.05) is 12.2 Å². The molecule has 0 amide bonds. The van der Waals surface area contributed by atoms with Crippen molar-refractivity contribution in [3.63, 3.8) is 0 Å². The van der Waals surface area contributed by atoms with Gasteiger partial charge in [-0.25, -0.2) is 0 Å². The number of nitrogens with one attached hydrogen (secondary N) is 1. The van der Waals surface area contributed by atoms with Gasteiger partial charge in [0.25, 0.3) is 0 Å². The predicted octanol–water partition coefficient (Wildman–Crippen LogP) is 1.73. The van der Waals surface area contributed by atoms with E-state index in [-0.39, 0.29) is 11.9 Å². The molecule has 0 saturated carbocycles. The monoisotopic (exact) mass is 209 g/mol. The fourth-order valence-corrected chi connectivity index (χ4v) is 1.51. The molecule has 0 radical (unpaired) electrons. The van der Waals surface area contributed by atoms with E-state index in [0.29, 0.717) is 12.3 Å². The molecule has 1 aromatic rings. The van der Waals surface area contributed by atoms with Crippen LogP contribution in [0.25, 0.3) is 0 Å². The van der Waals surface area contributed by atoms with Crippen LogP contribution in [0.4, 0.5) is 5.82 Å². The summed E-state index contributed by atoms with van der Waals surface area (Å²) in [5.74, 6) is -0.0918. The highest BCUT2D eigenvalue weighted by Gasteiger charge is 2.19. The van der Waals surface area contributed by atoms with Crippen LogP contribution in [0.15, 0.2) is 18.2 Å². The van der Waals surface area contributed by atoms with E-state index in [1.165, 1.54) is 6.07 Å². The highest BCUT2D eigenvalue weighted by molar-refractivity contribution is 5.22. The number of rotatable bonds is 2. The van der Waals surface area contributed by atoms with Crippen LogP contribution < -0.4 is 0 Å². The van der Waals surface area contributed by atoms with E-state index in [2.05, 4.69) is 10.2 Å². The Bertz CT molecular complexity index is 376. The molecule has 0 aliphatic carbocycles. The average Bonchev–Trinajstić information content (AvgIpc) is 2.55. The van der Waals surface area contributed by atoms with Gasteiger partial charge in [-0.1, -0.05) is 17.3 Å². The van der Waals surface area contributed by atoms with E-state index in [0.717, 1.165) is 12.8 Å². The first kappa shape index (κ1) is 9.85. The van der Waals surface area contributed by atoms with Crippen LogP contribution in [0.5, 0.6) is 0 Å². The number of allylic oxidation sites excluding steroid dienone is 1. The van der Waals surface area contributed by atoms with Crippen LogP contribution in [0.1, 0.15) is 24.6 Å². The zero-order chi connectivity index (χ0) is 10.7. The van der Waals surface area contributed by atoms with E-state index in [4.69, 9.17) is 4.74 Å². The van der Waals surface area contributed by atoms with E-state index < -0.39 is 4.92 Å². The largest absolute Gasteiger partial charge is 0.368 e. The lowest BCUT2D eigenvalue weighted by Crippen LogP contribution is -2.03. The molecule has 1 aliphatic rings. The smallest absolute Gasteiger partial charge is 0.342 e. The highest BCUT2D eigenvalue weighted by atomic mass is 16.6. The van der Waals surface area contributed by atoms with Gasteiger partial charge in [-0.05, 0) is 17.8 Å². The summed E-state index contributed by atoms with van der Waals surface area (Å²) >= 11 is 0. The number of nitrogens with zero attached hydrogens (tertiary/aromatic N) is 2. The number of aromatic amines is 1. The number of ether oxygens (including phenoxy) is 1.